The van der Waals surface area contributed by atoms with Crippen LogP contribution in [0.4, 0.5) is 0 Å². The van der Waals surface area contributed by atoms with Gasteiger partial charge in [-0.1, -0.05) is 50.0 Å². The van der Waals surface area contributed by atoms with Gasteiger partial charge in [-0.25, -0.2) is 0 Å². The second-order valence-corrected chi connectivity index (χ2v) is 9.19. The van der Waals surface area contributed by atoms with E-state index in [0.717, 1.165) is 49.7 Å². The van der Waals surface area contributed by atoms with Gasteiger partial charge in [-0.15, -0.1) is 0 Å². The van der Waals surface area contributed by atoms with Crippen LogP contribution in [0, 0.1) is 17.8 Å². The first-order valence-corrected chi connectivity index (χ1v) is 11.5. The van der Waals surface area contributed by atoms with Gasteiger partial charge in [0.1, 0.15) is 23.1 Å². The average Bonchev–Trinajstić information content (AvgIpc) is 2.62. The number of ketones is 4. The number of carbonyl (C=O) groups excluding carboxylic acids is 4. The van der Waals surface area contributed by atoms with Crippen LogP contribution in [0.1, 0.15) is 98.8 Å². The van der Waals surface area contributed by atoms with Crippen LogP contribution in [0.15, 0.2) is 23.3 Å². The van der Waals surface area contributed by atoms with Crippen LogP contribution in [0.25, 0.3) is 0 Å². The van der Waals surface area contributed by atoms with Crippen LogP contribution in [0.2, 0.25) is 0 Å². The Bertz CT molecular complexity index is 683. The first-order valence-electron chi connectivity index (χ1n) is 11.5. The highest BCUT2D eigenvalue weighted by Crippen LogP contribution is 2.34. The third-order valence-electron chi connectivity index (χ3n) is 6.09. The number of carbonyl (C=O) groups is 4. The van der Waals surface area contributed by atoms with E-state index < -0.39 is 0 Å². The van der Waals surface area contributed by atoms with Crippen molar-refractivity contribution in [2.75, 3.05) is 0 Å². The molecular formula is C26H40O4. The van der Waals surface area contributed by atoms with Gasteiger partial charge in [0.25, 0.3) is 0 Å². The van der Waals surface area contributed by atoms with Gasteiger partial charge in [0, 0.05) is 25.2 Å². The summed E-state index contributed by atoms with van der Waals surface area (Å²) in [6.45, 7) is 9.18. The monoisotopic (exact) mass is 416 g/mol. The highest BCUT2D eigenvalue weighted by Gasteiger charge is 2.29. The molecule has 1 aliphatic carbocycles. The van der Waals surface area contributed by atoms with Crippen molar-refractivity contribution >= 4 is 23.1 Å². The van der Waals surface area contributed by atoms with Gasteiger partial charge in [0.15, 0.2) is 0 Å². The van der Waals surface area contributed by atoms with Crippen molar-refractivity contribution < 1.29 is 19.2 Å². The van der Waals surface area contributed by atoms with Crippen molar-refractivity contribution in [2.45, 2.75) is 98.8 Å². The highest BCUT2D eigenvalue weighted by molar-refractivity contribution is 5.99. The molecule has 0 N–H and O–H groups in total. The van der Waals surface area contributed by atoms with E-state index in [1.807, 2.05) is 26.0 Å². The summed E-state index contributed by atoms with van der Waals surface area (Å²) < 4.78 is 0. The number of rotatable bonds is 11. The molecule has 0 saturated heterocycles. The van der Waals surface area contributed by atoms with Crippen LogP contribution in [-0.4, -0.2) is 23.1 Å². The molecule has 0 bridgehead atoms. The Morgan fingerprint density at radius 1 is 1.10 bits per heavy atom. The average molecular weight is 417 g/mol. The fourth-order valence-electron chi connectivity index (χ4n) is 4.75. The van der Waals surface area contributed by atoms with Gasteiger partial charge >= 0.3 is 0 Å². The van der Waals surface area contributed by atoms with Crippen molar-refractivity contribution in [1.29, 1.82) is 0 Å². The summed E-state index contributed by atoms with van der Waals surface area (Å²) in [7, 11) is 0. The lowest BCUT2D eigenvalue weighted by Gasteiger charge is -2.29. The fraction of sp³-hybridized carbons (Fsp3) is 0.692. The topological polar surface area (TPSA) is 68.3 Å². The first kappa shape index (κ1) is 26.2. The molecule has 0 spiro atoms. The predicted molar refractivity (Wildman–Crippen MR) is 121 cm³/mol. The van der Waals surface area contributed by atoms with E-state index in [1.54, 1.807) is 6.92 Å². The van der Waals surface area contributed by atoms with Crippen LogP contribution in [0.3, 0.4) is 0 Å². The molecule has 1 aliphatic rings. The van der Waals surface area contributed by atoms with E-state index in [9.17, 15) is 19.2 Å². The number of hydrogen-bond acceptors (Lipinski definition) is 4. The Hall–Kier alpha value is -1.84. The molecule has 30 heavy (non-hydrogen) atoms. The molecule has 168 valence electrons. The van der Waals surface area contributed by atoms with Crippen LogP contribution in [0.5, 0.6) is 0 Å². The molecule has 1 rings (SSSR count). The second kappa shape index (κ2) is 13.5. The summed E-state index contributed by atoms with van der Waals surface area (Å²) in [5.74, 6) is 0.652. The van der Waals surface area contributed by atoms with E-state index in [1.165, 1.54) is 6.92 Å². The standard InChI is InChI=1S/C26H40O4/c1-6-8-23(25(7-2)26(30)15-20(5)28)16-22-12-11-21(14-19(4)27)10-9-18(3)13-24(29)17-22/h9-10,22-23,25H,6-8,11-17H2,1-5H3/b18-9-,21-10+. The molecule has 0 aromatic heterocycles. The molecule has 0 aromatic rings. The molecule has 4 nitrogen and oxygen atoms in total. The zero-order valence-electron chi connectivity index (χ0n) is 19.6. The normalized spacial score (nSPS) is 23.5. The molecule has 0 aromatic carbocycles. The molecule has 0 heterocycles. The molecule has 0 fully saturated rings. The first-order chi connectivity index (χ1) is 14.2. The van der Waals surface area contributed by atoms with Crippen molar-refractivity contribution in [1.82, 2.24) is 0 Å². The van der Waals surface area contributed by atoms with E-state index in [0.29, 0.717) is 19.3 Å². The largest absolute Gasteiger partial charge is 0.300 e. The highest BCUT2D eigenvalue weighted by atomic mass is 16.1. The maximum Gasteiger partial charge on any atom is 0.143 e. The smallest absolute Gasteiger partial charge is 0.143 e. The van der Waals surface area contributed by atoms with E-state index in [-0.39, 0.29) is 47.3 Å². The molecule has 0 radical (unpaired) electrons. The van der Waals surface area contributed by atoms with Gasteiger partial charge in [0.2, 0.25) is 0 Å². The van der Waals surface area contributed by atoms with Crippen molar-refractivity contribution in [3.8, 4) is 0 Å². The lowest BCUT2D eigenvalue weighted by atomic mass is 9.74. The van der Waals surface area contributed by atoms with Crippen molar-refractivity contribution in [3.05, 3.63) is 23.3 Å². The quantitative estimate of drug-likeness (QED) is 0.389. The third kappa shape index (κ3) is 9.77. The number of hydrogen-bond donors (Lipinski definition) is 0. The second-order valence-electron chi connectivity index (χ2n) is 9.19. The maximum absolute atomic E-state index is 12.7. The number of Topliss-reactive ketones (excluding diaryl/α,β-unsaturated/α-hetero) is 4. The predicted octanol–water partition coefficient (Wildman–Crippen LogP) is 5.98. The molecule has 3 atom stereocenters. The summed E-state index contributed by atoms with van der Waals surface area (Å²) >= 11 is 0. The van der Waals surface area contributed by atoms with E-state index in [4.69, 9.17) is 0 Å². The minimum absolute atomic E-state index is 0.0117. The van der Waals surface area contributed by atoms with Gasteiger partial charge < -0.3 is 0 Å². The molecule has 0 saturated carbocycles. The molecular weight excluding hydrogens is 376 g/mol. The number of allylic oxidation sites excluding steroid dienone is 4. The summed E-state index contributed by atoms with van der Waals surface area (Å²) in [5.41, 5.74) is 2.14. The van der Waals surface area contributed by atoms with Crippen LogP contribution in [-0.2, 0) is 19.2 Å². The lowest BCUT2D eigenvalue weighted by molar-refractivity contribution is -0.130. The molecule has 0 aliphatic heterocycles. The van der Waals surface area contributed by atoms with Crippen LogP contribution >= 0.6 is 0 Å². The lowest BCUT2D eigenvalue weighted by Crippen LogP contribution is -2.27. The fourth-order valence-corrected chi connectivity index (χ4v) is 4.75. The van der Waals surface area contributed by atoms with E-state index >= 15 is 0 Å². The minimum atomic E-state index is -0.117. The SMILES string of the molecule is CCCC(CC1CC/C(CC(C)=O)=C\C=C(\C)CC(=O)C1)C(CC)C(=O)CC(C)=O. The Morgan fingerprint density at radius 2 is 1.80 bits per heavy atom. The van der Waals surface area contributed by atoms with Gasteiger partial charge in [-0.3, -0.25) is 19.2 Å². The Morgan fingerprint density at radius 3 is 2.37 bits per heavy atom. The van der Waals surface area contributed by atoms with Crippen molar-refractivity contribution in [3.63, 3.8) is 0 Å². The van der Waals surface area contributed by atoms with Gasteiger partial charge in [0.05, 0.1) is 6.42 Å². The van der Waals surface area contributed by atoms with Crippen molar-refractivity contribution in [2.24, 2.45) is 17.8 Å². The Labute approximate surface area is 182 Å². The minimum Gasteiger partial charge on any atom is -0.300 e. The summed E-state index contributed by atoms with van der Waals surface area (Å²) in [6.07, 6.45) is 10.6. The molecule has 4 heteroatoms. The van der Waals surface area contributed by atoms with Gasteiger partial charge in [-0.05, 0) is 58.3 Å². The third-order valence-corrected chi connectivity index (χ3v) is 6.09. The zero-order valence-corrected chi connectivity index (χ0v) is 19.6. The zero-order chi connectivity index (χ0) is 22.7. The van der Waals surface area contributed by atoms with Crippen LogP contribution < -0.4 is 0 Å². The molecule has 0 amide bonds. The Kier molecular flexibility index (Phi) is 11.8. The molecule has 3 unspecified atom stereocenters. The van der Waals surface area contributed by atoms with Gasteiger partial charge in [-0.2, -0.15) is 0 Å². The Balaban J connectivity index is 3.03. The summed E-state index contributed by atoms with van der Waals surface area (Å²) in [4.78, 5) is 48.5. The maximum atomic E-state index is 12.7. The van der Waals surface area contributed by atoms with E-state index in [2.05, 4.69) is 6.92 Å². The summed E-state index contributed by atoms with van der Waals surface area (Å²) in [5, 5.41) is 0. The summed E-state index contributed by atoms with van der Waals surface area (Å²) in [6, 6.07) is 0.